The van der Waals surface area contributed by atoms with E-state index in [9.17, 15) is 5.11 Å². The Labute approximate surface area is 107 Å². The highest BCUT2D eigenvalue weighted by atomic mass is 35.5. The highest BCUT2D eigenvalue weighted by Gasteiger charge is 2.11. The minimum absolute atomic E-state index is 0.198. The topological polar surface area (TPSA) is 32.3 Å². The summed E-state index contributed by atoms with van der Waals surface area (Å²) in [5.74, 6) is 0. The van der Waals surface area contributed by atoms with Gasteiger partial charge in [-0.15, -0.1) is 0 Å². The molecule has 0 saturated carbocycles. The Morgan fingerprint density at radius 3 is 2.50 bits per heavy atom. The van der Waals surface area contributed by atoms with E-state index in [1.807, 2.05) is 12.1 Å². The summed E-state index contributed by atoms with van der Waals surface area (Å²) in [7, 11) is 0. The molecular weight excluding hydrogens is 245 g/mol. The van der Waals surface area contributed by atoms with Crippen LogP contribution < -0.4 is 5.32 Å². The number of hydrogen-bond donors (Lipinski definition) is 2. The average Bonchev–Trinajstić information content (AvgIpc) is 2.23. The van der Waals surface area contributed by atoms with Gasteiger partial charge in [-0.3, -0.25) is 0 Å². The lowest BCUT2D eigenvalue weighted by Crippen LogP contribution is -2.28. The van der Waals surface area contributed by atoms with E-state index in [0.29, 0.717) is 16.6 Å². The first kappa shape index (κ1) is 13.8. The van der Waals surface area contributed by atoms with Crippen LogP contribution in [0.3, 0.4) is 0 Å². The Bertz CT molecular complexity index is 342. The van der Waals surface area contributed by atoms with Gasteiger partial charge >= 0.3 is 0 Å². The first-order valence-electron chi connectivity index (χ1n) is 5.41. The van der Waals surface area contributed by atoms with Crippen LogP contribution in [0.5, 0.6) is 0 Å². The molecule has 0 aliphatic carbocycles. The Morgan fingerprint density at radius 2 is 2.00 bits per heavy atom. The van der Waals surface area contributed by atoms with Gasteiger partial charge in [0.1, 0.15) is 0 Å². The van der Waals surface area contributed by atoms with E-state index in [-0.39, 0.29) is 12.1 Å². The van der Waals surface area contributed by atoms with Crippen molar-refractivity contribution in [2.24, 2.45) is 0 Å². The molecule has 2 unspecified atom stereocenters. The van der Waals surface area contributed by atoms with Crippen molar-refractivity contribution in [1.29, 1.82) is 0 Å². The predicted octanol–water partition coefficient (Wildman–Crippen LogP) is 3.41. The van der Waals surface area contributed by atoms with Crippen LogP contribution in [0.4, 0.5) is 0 Å². The van der Waals surface area contributed by atoms with E-state index in [0.717, 1.165) is 12.0 Å². The second-order valence-corrected chi connectivity index (χ2v) is 4.71. The van der Waals surface area contributed by atoms with Gasteiger partial charge in [0.2, 0.25) is 0 Å². The van der Waals surface area contributed by atoms with Crippen molar-refractivity contribution in [2.75, 3.05) is 6.54 Å². The zero-order valence-corrected chi connectivity index (χ0v) is 11.0. The molecule has 0 fully saturated rings. The quantitative estimate of drug-likeness (QED) is 0.852. The van der Waals surface area contributed by atoms with E-state index >= 15 is 0 Å². The Morgan fingerprint density at radius 1 is 1.31 bits per heavy atom. The fraction of sp³-hybridized carbons (Fsp3) is 0.500. The monoisotopic (exact) mass is 261 g/mol. The van der Waals surface area contributed by atoms with Crippen molar-refractivity contribution in [3.63, 3.8) is 0 Å². The van der Waals surface area contributed by atoms with Gasteiger partial charge in [0.15, 0.2) is 0 Å². The summed E-state index contributed by atoms with van der Waals surface area (Å²) in [6, 6.07) is 5.82. The molecule has 0 saturated heterocycles. The van der Waals surface area contributed by atoms with E-state index in [2.05, 4.69) is 12.2 Å². The molecule has 2 nitrogen and oxygen atoms in total. The third kappa shape index (κ3) is 3.95. The first-order chi connectivity index (χ1) is 7.54. The molecule has 0 aliphatic rings. The van der Waals surface area contributed by atoms with Crippen LogP contribution in [-0.4, -0.2) is 17.8 Å². The van der Waals surface area contributed by atoms with Gasteiger partial charge in [0.05, 0.1) is 16.1 Å². The molecule has 16 heavy (non-hydrogen) atoms. The zero-order chi connectivity index (χ0) is 12.1. The number of nitrogens with one attached hydrogen (secondary N) is 1. The van der Waals surface area contributed by atoms with Gasteiger partial charge in [-0.25, -0.2) is 0 Å². The smallest absolute Gasteiger partial charge is 0.0636 e. The molecule has 0 aromatic heterocycles. The summed E-state index contributed by atoms with van der Waals surface area (Å²) in [5.41, 5.74) is 1.09. The van der Waals surface area contributed by atoms with Gasteiger partial charge in [-0.05, 0) is 31.0 Å². The predicted molar refractivity (Wildman–Crippen MR) is 69.2 cm³/mol. The van der Waals surface area contributed by atoms with E-state index in [4.69, 9.17) is 23.2 Å². The molecule has 1 aromatic rings. The number of aliphatic hydroxyl groups excluding tert-OH is 1. The lowest BCUT2D eigenvalue weighted by atomic mass is 10.0. The number of aliphatic hydroxyl groups is 1. The summed E-state index contributed by atoms with van der Waals surface area (Å²) < 4.78 is 0. The molecule has 0 bridgehead atoms. The van der Waals surface area contributed by atoms with Crippen molar-refractivity contribution in [3.8, 4) is 0 Å². The van der Waals surface area contributed by atoms with Crippen molar-refractivity contribution < 1.29 is 5.11 Å². The number of halogens is 2. The van der Waals surface area contributed by atoms with Crippen LogP contribution in [0.2, 0.25) is 10.0 Å². The molecular formula is C12H17Cl2NO. The van der Waals surface area contributed by atoms with E-state index in [1.165, 1.54) is 0 Å². The standard InChI is InChI=1S/C12H17Cl2NO/c1-3-12(15-7-8(2)16)9-4-5-10(13)11(14)6-9/h4-6,8,12,15-16H,3,7H2,1-2H3. The van der Waals surface area contributed by atoms with Crippen LogP contribution in [0, 0.1) is 0 Å². The fourth-order valence-electron chi connectivity index (χ4n) is 1.54. The van der Waals surface area contributed by atoms with Gasteiger partial charge in [-0.1, -0.05) is 36.2 Å². The molecule has 1 rings (SSSR count). The Balaban J connectivity index is 2.74. The lowest BCUT2D eigenvalue weighted by molar-refractivity contribution is 0.185. The largest absolute Gasteiger partial charge is 0.392 e. The first-order valence-corrected chi connectivity index (χ1v) is 6.16. The van der Waals surface area contributed by atoms with Crippen molar-refractivity contribution in [1.82, 2.24) is 5.32 Å². The molecule has 1 aromatic carbocycles. The van der Waals surface area contributed by atoms with Crippen molar-refractivity contribution in [2.45, 2.75) is 32.4 Å². The van der Waals surface area contributed by atoms with Crippen molar-refractivity contribution >= 4 is 23.2 Å². The Hall–Kier alpha value is -0.280. The summed E-state index contributed by atoms with van der Waals surface area (Å²) in [6.07, 6.45) is 0.585. The second kappa shape index (κ2) is 6.45. The summed E-state index contributed by atoms with van der Waals surface area (Å²) in [5, 5.41) is 13.6. The maximum absolute atomic E-state index is 9.23. The molecule has 2 atom stereocenters. The maximum atomic E-state index is 9.23. The number of benzene rings is 1. The molecule has 2 N–H and O–H groups in total. The molecule has 4 heteroatoms. The summed E-state index contributed by atoms with van der Waals surface area (Å²) in [6.45, 7) is 4.41. The molecule has 0 aliphatic heterocycles. The van der Waals surface area contributed by atoms with E-state index < -0.39 is 0 Å². The molecule has 0 amide bonds. The van der Waals surface area contributed by atoms with Crippen LogP contribution in [0.25, 0.3) is 0 Å². The van der Waals surface area contributed by atoms with E-state index in [1.54, 1.807) is 13.0 Å². The summed E-state index contributed by atoms with van der Waals surface area (Å²) >= 11 is 11.8. The molecule has 0 radical (unpaired) electrons. The van der Waals surface area contributed by atoms with Crippen LogP contribution in [0.15, 0.2) is 18.2 Å². The third-order valence-corrected chi connectivity index (χ3v) is 3.15. The van der Waals surface area contributed by atoms with Crippen molar-refractivity contribution in [3.05, 3.63) is 33.8 Å². The second-order valence-electron chi connectivity index (χ2n) is 3.89. The minimum Gasteiger partial charge on any atom is -0.392 e. The fourth-order valence-corrected chi connectivity index (χ4v) is 1.85. The summed E-state index contributed by atoms with van der Waals surface area (Å²) in [4.78, 5) is 0. The van der Waals surface area contributed by atoms with Gasteiger partial charge < -0.3 is 10.4 Å². The molecule has 0 spiro atoms. The van der Waals surface area contributed by atoms with Gasteiger partial charge in [0.25, 0.3) is 0 Å². The number of hydrogen-bond acceptors (Lipinski definition) is 2. The number of rotatable bonds is 5. The van der Waals surface area contributed by atoms with Crippen LogP contribution in [0.1, 0.15) is 31.9 Å². The highest BCUT2D eigenvalue weighted by molar-refractivity contribution is 6.42. The molecule has 0 heterocycles. The Kier molecular flexibility index (Phi) is 5.56. The lowest BCUT2D eigenvalue weighted by Gasteiger charge is -2.19. The zero-order valence-electron chi connectivity index (χ0n) is 9.50. The molecule has 90 valence electrons. The van der Waals surface area contributed by atoms with Gasteiger partial charge in [0, 0.05) is 12.6 Å². The highest BCUT2D eigenvalue weighted by Crippen LogP contribution is 2.26. The normalized spacial score (nSPS) is 14.8. The SMILES string of the molecule is CCC(NCC(C)O)c1ccc(Cl)c(Cl)c1. The minimum atomic E-state index is -0.350. The van der Waals surface area contributed by atoms with Gasteiger partial charge in [-0.2, -0.15) is 0 Å². The van der Waals surface area contributed by atoms with Crippen LogP contribution >= 0.6 is 23.2 Å². The maximum Gasteiger partial charge on any atom is 0.0636 e. The average molecular weight is 262 g/mol. The van der Waals surface area contributed by atoms with Crippen LogP contribution in [-0.2, 0) is 0 Å². The third-order valence-electron chi connectivity index (χ3n) is 2.41.